The summed E-state index contributed by atoms with van der Waals surface area (Å²) in [6, 6.07) is 0.252. The Hall–Kier alpha value is -0.240. The van der Waals surface area contributed by atoms with E-state index in [0.717, 1.165) is 38.5 Å². The monoisotopic (exact) mass is 247 g/mol. The maximum absolute atomic E-state index is 12.0. The fourth-order valence-corrected chi connectivity index (χ4v) is 2.07. The number of carbonyl (C=O) groups is 1. The molecule has 0 aliphatic carbocycles. The Balaban J connectivity index is 3.97. The summed E-state index contributed by atoms with van der Waals surface area (Å²) >= 11 is 5.63. The molecule has 0 rings (SSSR count). The third-order valence-corrected chi connectivity index (χ3v) is 3.07. The molecule has 0 aliphatic rings. The Bertz CT molecular complexity index is 179. The van der Waals surface area contributed by atoms with Gasteiger partial charge in [-0.25, -0.2) is 0 Å². The fraction of sp³-hybridized carbons (Fsp3) is 0.923. The molecule has 16 heavy (non-hydrogen) atoms. The Morgan fingerprint density at radius 2 is 1.75 bits per heavy atom. The second-order valence-corrected chi connectivity index (χ2v) is 4.89. The Kier molecular flexibility index (Phi) is 9.80. The Labute approximate surface area is 105 Å². The van der Waals surface area contributed by atoms with Crippen molar-refractivity contribution in [3.63, 3.8) is 0 Å². The molecule has 0 bridgehead atoms. The van der Waals surface area contributed by atoms with E-state index in [9.17, 15) is 4.79 Å². The molecular formula is C13H26ClNO. The summed E-state index contributed by atoms with van der Waals surface area (Å²) in [5.41, 5.74) is 0. The fourth-order valence-electron chi connectivity index (χ4n) is 1.92. The zero-order valence-corrected chi connectivity index (χ0v) is 11.6. The van der Waals surface area contributed by atoms with E-state index >= 15 is 0 Å². The van der Waals surface area contributed by atoms with Gasteiger partial charge in [0.25, 0.3) is 0 Å². The van der Waals surface area contributed by atoms with Crippen LogP contribution in [0.4, 0.5) is 0 Å². The van der Waals surface area contributed by atoms with Crippen molar-refractivity contribution >= 4 is 17.5 Å². The summed E-state index contributed by atoms with van der Waals surface area (Å²) in [6.07, 6.45) is 6.10. The zero-order chi connectivity index (χ0) is 12.4. The van der Waals surface area contributed by atoms with E-state index in [4.69, 9.17) is 11.6 Å². The Morgan fingerprint density at radius 1 is 1.19 bits per heavy atom. The number of alkyl halides is 1. The van der Waals surface area contributed by atoms with E-state index in [2.05, 4.69) is 26.1 Å². The molecule has 0 spiro atoms. The lowest BCUT2D eigenvalue weighted by molar-refractivity contribution is -0.126. The Morgan fingerprint density at radius 3 is 2.19 bits per heavy atom. The van der Waals surface area contributed by atoms with Crippen LogP contribution < -0.4 is 5.32 Å². The molecule has 3 heteroatoms. The molecule has 1 amide bonds. The smallest absolute Gasteiger partial charge is 0.223 e. The van der Waals surface area contributed by atoms with Crippen LogP contribution in [-0.2, 0) is 4.79 Å². The van der Waals surface area contributed by atoms with E-state index in [1.807, 2.05) is 0 Å². The maximum Gasteiger partial charge on any atom is 0.223 e. The summed E-state index contributed by atoms with van der Waals surface area (Å²) in [5.74, 6) is 1.10. The third-order valence-electron chi connectivity index (χ3n) is 2.80. The molecular weight excluding hydrogens is 222 g/mol. The van der Waals surface area contributed by atoms with Crippen molar-refractivity contribution in [1.29, 1.82) is 0 Å². The van der Waals surface area contributed by atoms with Crippen LogP contribution in [0.3, 0.4) is 0 Å². The molecule has 0 radical (unpaired) electrons. The average molecular weight is 248 g/mol. The van der Waals surface area contributed by atoms with Gasteiger partial charge in [-0.3, -0.25) is 4.79 Å². The first-order chi connectivity index (χ1) is 7.65. The summed E-state index contributed by atoms with van der Waals surface area (Å²) in [7, 11) is 0. The topological polar surface area (TPSA) is 29.1 Å². The number of rotatable bonds is 9. The van der Waals surface area contributed by atoms with Gasteiger partial charge in [-0.15, -0.1) is 11.6 Å². The summed E-state index contributed by atoms with van der Waals surface area (Å²) in [5, 5.41) is 3.09. The lowest BCUT2D eigenvalue weighted by atomic mass is 9.97. The average Bonchev–Trinajstić information content (AvgIpc) is 2.26. The standard InChI is InChI=1S/C13H26ClNO/c1-4-7-12(8-5-2)13(16)15-11(3)9-6-10-14/h11-12H,4-10H2,1-3H3,(H,15,16). The molecule has 2 nitrogen and oxygen atoms in total. The highest BCUT2D eigenvalue weighted by molar-refractivity contribution is 6.17. The minimum atomic E-state index is 0.202. The van der Waals surface area contributed by atoms with Crippen molar-refractivity contribution in [3.05, 3.63) is 0 Å². The first-order valence-corrected chi connectivity index (χ1v) is 7.05. The molecule has 0 aromatic rings. The highest BCUT2D eigenvalue weighted by Gasteiger charge is 2.17. The van der Waals surface area contributed by atoms with Crippen LogP contribution in [-0.4, -0.2) is 17.8 Å². The number of hydrogen-bond acceptors (Lipinski definition) is 1. The number of carbonyl (C=O) groups excluding carboxylic acids is 1. The summed E-state index contributed by atoms with van der Waals surface area (Å²) < 4.78 is 0. The highest BCUT2D eigenvalue weighted by Crippen LogP contribution is 2.14. The third kappa shape index (κ3) is 7.10. The van der Waals surface area contributed by atoms with Gasteiger partial charge in [-0.1, -0.05) is 26.7 Å². The minimum absolute atomic E-state index is 0.202. The van der Waals surface area contributed by atoms with E-state index in [-0.39, 0.29) is 17.9 Å². The SMILES string of the molecule is CCCC(CCC)C(=O)NC(C)CCCCl. The van der Waals surface area contributed by atoms with Crippen LogP contribution in [0.1, 0.15) is 59.3 Å². The van der Waals surface area contributed by atoms with Crippen LogP contribution in [0.25, 0.3) is 0 Å². The molecule has 1 unspecified atom stereocenters. The van der Waals surface area contributed by atoms with Crippen molar-refractivity contribution in [2.75, 3.05) is 5.88 Å². The molecule has 0 saturated heterocycles. The van der Waals surface area contributed by atoms with Crippen LogP contribution in [0.5, 0.6) is 0 Å². The van der Waals surface area contributed by atoms with Crippen molar-refractivity contribution in [1.82, 2.24) is 5.32 Å². The van der Waals surface area contributed by atoms with Crippen LogP contribution >= 0.6 is 11.6 Å². The molecule has 1 N–H and O–H groups in total. The van der Waals surface area contributed by atoms with Crippen LogP contribution in [0, 0.1) is 5.92 Å². The van der Waals surface area contributed by atoms with Gasteiger partial charge in [0, 0.05) is 17.8 Å². The first kappa shape index (κ1) is 15.8. The van der Waals surface area contributed by atoms with Crippen LogP contribution in [0.15, 0.2) is 0 Å². The number of hydrogen-bond donors (Lipinski definition) is 1. The van der Waals surface area contributed by atoms with Gasteiger partial charge in [0.05, 0.1) is 0 Å². The van der Waals surface area contributed by atoms with Gasteiger partial charge < -0.3 is 5.32 Å². The predicted molar refractivity (Wildman–Crippen MR) is 70.9 cm³/mol. The van der Waals surface area contributed by atoms with Gasteiger partial charge >= 0.3 is 0 Å². The number of nitrogens with one attached hydrogen (secondary N) is 1. The summed E-state index contributed by atoms with van der Waals surface area (Å²) in [4.78, 5) is 12.0. The normalized spacial score (nSPS) is 12.8. The van der Waals surface area contributed by atoms with Crippen molar-refractivity contribution in [3.8, 4) is 0 Å². The molecule has 0 saturated carbocycles. The summed E-state index contributed by atoms with van der Waals surface area (Å²) in [6.45, 7) is 6.32. The second kappa shape index (κ2) is 9.95. The molecule has 1 atom stereocenters. The molecule has 0 fully saturated rings. The quantitative estimate of drug-likeness (QED) is 0.618. The largest absolute Gasteiger partial charge is 0.353 e. The van der Waals surface area contributed by atoms with Gasteiger partial charge in [-0.2, -0.15) is 0 Å². The number of amides is 1. The lowest BCUT2D eigenvalue weighted by Gasteiger charge is -2.19. The van der Waals surface area contributed by atoms with E-state index < -0.39 is 0 Å². The van der Waals surface area contributed by atoms with Gasteiger partial charge in [0.15, 0.2) is 0 Å². The highest BCUT2D eigenvalue weighted by atomic mass is 35.5. The number of halogens is 1. The van der Waals surface area contributed by atoms with Gasteiger partial charge in [-0.05, 0) is 32.6 Å². The molecule has 0 heterocycles. The van der Waals surface area contributed by atoms with Crippen LogP contribution in [0.2, 0.25) is 0 Å². The molecule has 0 aromatic carbocycles. The second-order valence-electron chi connectivity index (χ2n) is 4.52. The predicted octanol–water partition coefficient (Wildman–Crippen LogP) is 3.73. The van der Waals surface area contributed by atoms with E-state index in [1.165, 1.54) is 0 Å². The molecule has 96 valence electrons. The van der Waals surface area contributed by atoms with E-state index in [1.54, 1.807) is 0 Å². The van der Waals surface area contributed by atoms with Crippen molar-refractivity contribution in [2.24, 2.45) is 5.92 Å². The minimum Gasteiger partial charge on any atom is -0.353 e. The maximum atomic E-state index is 12.0. The first-order valence-electron chi connectivity index (χ1n) is 6.52. The lowest BCUT2D eigenvalue weighted by Crippen LogP contribution is -2.37. The van der Waals surface area contributed by atoms with Crippen molar-refractivity contribution in [2.45, 2.75) is 65.3 Å². The van der Waals surface area contributed by atoms with E-state index in [0.29, 0.717) is 5.88 Å². The zero-order valence-electron chi connectivity index (χ0n) is 10.9. The molecule has 0 aromatic heterocycles. The van der Waals surface area contributed by atoms with Gasteiger partial charge in [0.1, 0.15) is 0 Å². The van der Waals surface area contributed by atoms with Gasteiger partial charge in [0.2, 0.25) is 5.91 Å². The molecule has 0 aliphatic heterocycles. The van der Waals surface area contributed by atoms with Crippen molar-refractivity contribution < 1.29 is 4.79 Å².